The predicted octanol–water partition coefficient (Wildman–Crippen LogP) is 2.25. The molecule has 5 nitrogen and oxygen atoms in total. The van der Waals surface area contributed by atoms with Crippen LogP contribution >= 0.6 is 0 Å². The van der Waals surface area contributed by atoms with Crippen molar-refractivity contribution in [2.24, 2.45) is 0 Å². The van der Waals surface area contributed by atoms with E-state index in [9.17, 15) is 0 Å². The van der Waals surface area contributed by atoms with Crippen LogP contribution in [-0.4, -0.2) is 53.9 Å². The Morgan fingerprint density at radius 2 is 1.74 bits per heavy atom. The molecule has 1 aliphatic heterocycles. The van der Waals surface area contributed by atoms with E-state index in [2.05, 4.69) is 64.8 Å². The summed E-state index contributed by atoms with van der Waals surface area (Å²) in [6, 6.07) is 0.612. The molecule has 0 spiro atoms. The van der Waals surface area contributed by atoms with E-state index in [4.69, 9.17) is 0 Å². The summed E-state index contributed by atoms with van der Waals surface area (Å²) in [7, 11) is 2.27. The van der Waals surface area contributed by atoms with Crippen LogP contribution in [0.4, 0.5) is 0 Å². The van der Waals surface area contributed by atoms with E-state index in [1.807, 2.05) is 0 Å². The van der Waals surface area contributed by atoms with Crippen LogP contribution in [0, 0.1) is 0 Å². The van der Waals surface area contributed by atoms with Crippen molar-refractivity contribution in [2.45, 2.75) is 77.4 Å². The third kappa shape index (κ3) is 4.83. The van der Waals surface area contributed by atoms with E-state index in [-0.39, 0.29) is 31.1 Å². The van der Waals surface area contributed by atoms with Crippen molar-refractivity contribution in [2.75, 3.05) is 13.6 Å². The van der Waals surface area contributed by atoms with Gasteiger partial charge in [-0.15, -0.1) is 0 Å². The molecule has 1 aromatic heterocycles. The molecule has 0 amide bonds. The SMILES string of the molecule is CCCC[N]([Au][c]1ncncn1)C1CC(C)(C)N(C)C(C)(C)C1. The second-order valence-corrected chi connectivity index (χ2v) is 10.3. The standard InChI is InChI=1S/C14H29N2.C3H2N3.Au/c1-7-8-9-15-12-10-13(2,3)16(6)14(4,5)11-12;1-4-2-6-3-5-1;/h12H,7-11H2,1-6H3;1-2H;/q-1;;+1. The van der Waals surface area contributed by atoms with Crippen LogP contribution < -0.4 is 4.04 Å². The molecule has 0 unspecified atom stereocenters. The van der Waals surface area contributed by atoms with Gasteiger partial charge in [-0.2, -0.15) is 0 Å². The number of hydrogen-bond donors (Lipinski definition) is 0. The fraction of sp³-hybridized carbons (Fsp3) is 0.824. The van der Waals surface area contributed by atoms with E-state index in [1.54, 1.807) is 12.7 Å². The second-order valence-electron chi connectivity index (χ2n) is 7.62. The van der Waals surface area contributed by atoms with Crippen molar-refractivity contribution < 1.29 is 20.0 Å². The minimum atomic E-state index is -0.190. The number of likely N-dealkylation sites (tertiary alicyclic amines) is 1. The maximum atomic E-state index is 4.38. The van der Waals surface area contributed by atoms with E-state index in [0.717, 1.165) is 10.6 Å². The molecule has 0 atom stereocenters. The van der Waals surface area contributed by atoms with Gasteiger partial charge in [0, 0.05) is 0 Å². The molecule has 1 aromatic rings. The summed E-state index contributed by atoms with van der Waals surface area (Å²) in [5.41, 5.74) is 0.440. The van der Waals surface area contributed by atoms with Gasteiger partial charge in [0.15, 0.2) is 0 Å². The van der Waals surface area contributed by atoms with Crippen LogP contribution in [0.25, 0.3) is 0 Å². The molecule has 2 rings (SSSR count). The summed E-state index contributed by atoms with van der Waals surface area (Å²) in [6.45, 7) is 12.9. The van der Waals surface area contributed by atoms with Gasteiger partial charge in [0.05, 0.1) is 0 Å². The molecule has 0 aliphatic carbocycles. The fourth-order valence-electron chi connectivity index (χ4n) is 3.40. The van der Waals surface area contributed by atoms with Gasteiger partial charge in [-0.1, -0.05) is 0 Å². The fourth-order valence-corrected chi connectivity index (χ4v) is 5.83. The second kappa shape index (κ2) is 7.70. The molecular formula is C17H31AuN5. The van der Waals surface area contributed by atoms with E-state index < -0.39 is 0 Å². The van der Waals surface area contributed by atoms with Crippen LogP contribution in [0.15, 0.2) is 12.7 Å². The molecule has 0 bridgehead atoms. The van der Waals surface area contributed by atoms with Crippen LogP contribution in [0.2, 0.25) is 0 Å². The molecule has 0 aromatic carbocycles. The molecule has 1 fully saturated rings. The van der Waals surface area contributed by atoms with Gasteiger partial charge in [0.25, 0.3) is 0 Å². The van der Waals surface area contributed by atoms with Crippen LogP contribution in [0.3, 0.4) is 0 Å². The summed E-state index contributed by atoms with van der Waals surface area (Å²) in [4.78, 5) is 15.3. The number of unbranched alkanes of at least 4 members (excludes halogenated alkanes) is 1. The van der Waals surface area contributed by atoms with Crippen molar-refractivity contribution in [1.82, 2.24) is 23.2 Å². The zero-order chi connectivity index (χ0) is 17.1. The molecule has 2 heterocycles. The normalized spacial score (nSPS) is 21.9. The Kier molecular flexibility index (Phi) is 6.36. The quantitative estimate of drug-likeness (QED) is 0.559. The summed E-state index contributed by atoms with van der Waals surface area (Å²) < 4.78 is 3.67. The van der Waals surface area contributed by atoms with Crippen molar-refractivity contribution in [3.63, 3.8) is 0 Å². The average molecular weight is 502 g/mol. The summed E-state index contributed by atoms with van der Waals surface area (Å²) in [5.74, 6) is 0. The molecule has 1 saturated heterocycles. The molecule has 1 aliphatic rings. The Hall–Kier alpha value is -0.330. The summed E-state index contributed by atoms with van der Waals surface area (Å²) >= 11 is -0.190. The Morgan fingerprint density at radius 1 is 1.17 bits per heavy atom. The monoisotopic (exact) mass is 502 g/mol. The van der Waals surface area contributed by atoms with Gasteiger partial charge in [0.1, 0.15) is 0 Å². The first-order valence-electron chi connectivity index (χ1n) is 8.47. The number of piperidine rings is 1. The molecule has 23 heavy (non-hydrogen) atoms. The molecule has 135 valence electrons. The molecule has 6 heteroatoms. The number of hydrogen-bond acceptors (Lipinski definition) is 5. The van der Waals surface area contributed by atoms with Crippen molar-refractivity contribution in [3.05, 3.63) is 12.7 Å². The molecule has 0 N–H and O–H groups in total. The van der Waals surface area contributed by atoms with Gasteiger partial charge in [0.2, 0.25) is 0 Å². The zero-order valence-electron chi connectivity index (χ0n) is 15.3. The van der Waals surface area contributed by atoms with E-state index in [0.29, 0.717) is 6.04 Å². The van der Waals surface area contributed by atoms with E-state index >= 15 is 0 Å². The van der Waals surface area contributed by atoms with Crippen molar-refractivity contribution in [3.8, 4) is 0 Å². The van der Waals surface area contributed by atoms with E-state index in [1.165, 1.54) is 25.7 Å². The van der Waals surface area contributed by atoms with Gasteiger partial charge >= 0.3 is 151 Å². The predicted molar refractivity (Wildman–Crippen MR) is 90.0 cm³/mol. The zero-order valence-corrected chi connectivity index (χ0v) is 17.5. The Labute approximate surface area is 150 Å². The molecule has 0 radical (unpaired) electrons. The van der Waals surface area contributed by atoms with Crippen LogP contribution in [-0.2, 0) is 20.0 Å². The number of aromatic nitrogens is 3. The van der Waals surface area contributed by atoms with Crippen LogP contribution in [0.5, 0.6) is 0 Å². The van der Waals surface area contributed by atoms with Crippen molar-refractivity contribution >= 4 is 4.04 Å². The first kappa shape index (κ1) is 19.0. The third-order valence-corrected chi connectivity index (χ3v) is 7.84. The van der Waals surface area contributed by atoms with Crippen LogP contribution in [0.1, 0.15) is 60.3 Å². The summed E-state index contributed by atoms with van der Waals surface area (Å²) in [6.07, 6.45) is 8.14. The van der Waals surface area contributed by atoms with Crippen molar-refractivity contribution in [1.29, 1.82) is 0 Å². The number of nitrogens with zero attached hydrogens (tertiary/aromatic N) is 5. The first-order valence-corrected chi connectivity index (χ1v) is 10.5. The third-order valence-electron chi connectivity index (χ3n) is 4.95. The minimum absolute atomic E-state index is 0.190. The maximum absolute atomic E-state index is 4.38. The first-order chi connectivity index (χ1) is 10.8. The Balaban J connectivity index is 2.17. The van der Waals surface area contributed by atoms with Gasteiger partial charge in [-0.25, -0.2) is 0 Å². The molecular weight excluding hydrogens is 471 g/mol. The van der Waals surface area contributed by atoms with Gasteiger partial charge in [-0.05, 0) is 0 Å². The average Bonchev–Trinajstić information content (AvgIpc) is 2.49. The Bertz CT molecular complexity index is 473. The molecule has 0 saturated carbocycles. The number of rotatable bonds is 6. The van der Waals surface area contributed by atoms with Gasteiger partial charge < -0.3 is 0 Å². The Morgan fingerprint density at radius 3 is 2.26 bits per heavy atom. The van der Waals surface area contributed by atoms with Gasteiger partial charge in [-0.3, -0.25) is 0 Å². The topological polar surface area (TPSA) is 45.2 Å². The summed E-state index contributed by atoms with van der Waals surface area (Å²) in [5, 5.41) is 0.